The quantitative estimate of drug-likeness (QED) is 0.885. The number of aliphatic hydroxyl groups excluding tert-OH is 1. The van der Waals surface area contributed by atoms with Crippen molar-refractivity contribution in [2.75, 3.05) is 37.8 Å². The number of benzene rings is 1. The minimum Gasteiger partial charge on any atom is -0.391 e. The monoisotopic (exact) mass is 369 g/mol. The zero-order chi connectivity index (χ0) is 17.5. The van der Waals surface area contributed by atoms with Crippen molar-refractivity contribution in [2.24, 2.45) is 5.92 Å². The lowest BCUT2D eigenvalue weighted by Gasteiger charge is -2.20. The van der Waals surface area contributed by atoms with Gasteiger partial charge in [-0.05, 0) is 24.3 Å². The zero-order valence-electron chi connectivity index (χ0n) is 13.6. The van der Waals surface area contributed by atoms with Crippen LogP contribution in [-0.4, -0.2) is 61.9 Å². The number of pyridine rings is 1. The second-order valence-electron chi connectivity index (χ2n) is 6.28. The molecule has 2 atom stereocenters. The van der Waals surface area contributed by atoms with Crippen molar-refractivity contribution < 1.29 is 13.5 Å². The summed E-state index contributed by atoms with van der Waals surface area (Å²) in [6, 6.07) is 7.34. The lowest BCUT2D eigenvalue weighted by Crippen LogP contribution is -2.33. The van der Waals surface area contributed by atoms with E-state index in [2.05, 4.69) is 4.98 Å². The Hall–Kier alpha value is -1.41. The van der Waals surface area contributed by atoms with E-state index < -0.39 is 16.1 Å². The van der Waals surface area contributed by atoms with Crippen LogP contribution in [0.3, 0.4) is 0 Å². The fourth-order valence-electron chi connectivity index (χ4n) is 3.01. The average molecular weight is 370 g/mol. The molecule has 8 heteroatoms. The lowest BCUT2D eigenvalue weighted by molar-refractivity contribution is 0.157. The summed E-state index contributed by atoms with van der Waals surface area (Å²) in [6.07, 6.45) is 1.02. The van der Waals surface area contributed by atoms with E-state index in [0.29, 0.717) is 18.1 Å². The Kier molecular flexibility index (Phi) is 4.70. The molecular formula is C16H20ClN3O3S. The van der Waals surface area contributed by atoms with Gasteiger partial charge in [0.1, 0.15) is 0 Å². The average Bonchev–Trinajstić information content (AvgIpc) is 2.86. The maximum absolute atomic E-state index is 12.1. The Bertz CT molecular complexity index is 857. The first-order valence-corrected chi connectivity index (χ1v) is 9.64. The van der Waals surface area contributed by atoms with E-state index in [1.54, 1.807) is 12.3 Å². The molecular weight excluding hydrogens is 350 g/mol. The Morgan fingerprint density at radius 1 is 1.33 bits per heavy atom. The number of aliphatic hydroxyl groups is 1. The van der Waals surface area contributed by atoms with Crippen molar-refractivity contribution in [3.05, 3.63) is 35.5 Å². The highest BCUT2D eigenvalue weighted by Crippen LogP contribution is 2.32. The van der Waals surface area contributed by atoms with Gasteiger partial charge in [0, 0.05) is 55.4 Å². The third kappa shape index (κ3) is 3.35. The van der Waals surface area contributed by atoms with Crippen molar-refractivity contribution in [3.63, 3.8) is 0 Å². The molecule has 2 heterocycles. The van der Waals surface area contributed by atoms with Crippen LogP contribution in [0.4, 0.5) is 5.69 Å². The zero-order valence-corrected chi connectivity index (χ0v) is 15.1. The number of β-amino-alcohol motifs (C(OH)–C–C–N with tert-alkyl or cyclic N) is 1. The number of sulfonamides is 1. The molecule has 24 heavy (non-hydrogen) atoms. The topological polar surface area (TPSA) is 73.7 Å². The van der Waals surface area contributed by atoms with Gasteiger partial charge < -0.3 is 10.0 Å². The molecule has 0 bridgehead atoms. The van der Waals surface area contributed by atoms with E-state index in [-0.39, 0.29) is 11.7 Å². The van der Waals surface area contributed by atoms with Crippen LogP contribution in [0.25, 0.3) is 10.9 Å². The van der Waals surface area contributed by atoms with Gasteiger partial charge in [0.25, 0.3) is 0 Å². The van der Waals surface area contributed by atoms with Crippen molar-refractivity contribution in [1.82, 2.24) is 9.29 Å². The second kappa shape index (κ2) is 6.48. The van der Waals surface area contributed by atoms with E-state index in [0.717, 1.165) is 16.6 Å². The van der Waals surface area contributed by atoms with Gasteiger partial charge in [-0.2, -0.15) is 0 Å². The molecule has 0 amide bonds. The van der Waals surface area contributed by atoms with Gasteiger partial charge in [-0.3, -0.25) is 4.98 Å². The molecule has 0 radical (unpaired) electrons. The predicted molar refractivity (Wildman–Crippen MR) is 95.9 cm³/mol. The summed E-state index contributed by atoms with van der Waals surface area (Å²) in [5.41, 5.74) is 1.72. The first-order valence-electron chi connectivity index (χ1n) is 7.65. The Balaban J connectivity index is 1.89. The predicted octanol–water partition coefficient (Wildman–Crippen LogP) is 1.58. The summed E-state index contributed by atoms with van der Waals surface area (Å²) in [7, 11) is -0.343. The number of hydrogen-bond donors (Lipinski definition) is 1. The van der Waals surface area contributed by atoms with E-state index in [1.165, 1.54) is 18.4 Å². The summed E-state index contributed by atoms with van der Waals surface area (Å²) >= 11 is 6.10. The third-order valence-corrected chi connectivity index (χ3v) is 6.61. The Morgan fingerprint density at radius 2 is 2.08 bits per heavy atom. The van der Waals surface area contributed by atoms with Crippen molar-refractivity contribution in [2.45, 2.75) is 6.10 Å². The number of hydrogen-bond acceptors (Lipinski definition) is 5. The number of anilines is 1. The first kappa shape index (κ1) is 17.4. The molecule has 1 aromatic heterocycles. The highest BCUT2D eigenvalue weighted by atomic mass is 35.5. The van der Waals surface area contributed by atoms with Crippen molar-refractivity contribution >= 4 is 38.2 Å². The van der Waals surface area contributed by atoms with Crippen LogP contribution in [0, 0.1) is 5.92 Å². The number of halogens is 1. The minimum atomic E-state index is -3.36. The van der Waals surface area contributed by atoms with Crippen LogP contribution >= 0.6 is 11.6 Å². The molecule has 2 aromatic rings. The van der Waals surface area contributed by atoms with Gasteiger partial charge in [-0.1, -0.05) is 11.6 Å². The molecule has 1 saturated heterocycles. The summed E-state index contributed by atoms with van der Waals surface area (Å²) in [5.74, 6) is -0.402. The van der Waals surface area contributed by atoms with Gasteiger partial charge in [0.05, 0.1) is 17.4 Å². The first-order chi connectivity index (χ1) is 11.3. The fourth-order valence-corrected chi connectivity index (χ4v) is 4.35. The maximum Gasteiger partial charge on any atom is 0.214 e. The molecule has 3 rings (SSSR count). The summed E-state index contributed by atoms with van der Waals surface area (Å²) in [5, 5.41) is 11.8. The largest absolute Gasteiger partial charge is 0.391 e. The Morgan fingerprint density at radius 3 is 2.79 bits per heavy atom. The molecule has 130 valence electrons. The van der Waals surface area contributed by atoms with Crippen LogP contribution in [0.1, 0.15) is 0 Å². The van der Waals surface area contributed by atoms with E-state index in [9.17, 15) is 13.5 Å². The van der Waals surface area contributed by atoms with Crippen LogP contribution < -0.4 is 4.90 Å². The number of rotatable bonds is 4. The molecule has 6 nitrogen and oxygen atoms in total. The minimum absolute atomic E-state index is 0.0680. The van der Waals surface area contributed by atoms with E-state index in [1.807, 2.05) is 23.1 Å². The van der Waals surface area contributed by atoms with E-state index in [4.69, 9.17) is 11.6 Å². The van der Waals surface area contributed by atoms with Gasteiger partial charge in [0.15, 0.2) is 0 Å². The molecule has 1 aliphatic rings. The molecule has 1 aromatic carbocycles. The highest BCUT2D eigenvalue weighted by Gasteiger charge is 2.35. The van der Waals surface area contributed by atoms with Crippen molar-refractivity contribution in [1.29, 1.82) is 0 Å². The summed E-state index contributed by atoms with van der Waals surface area (Å²) in [6.45, 7) is 0.860. The lowest BCUT2D eigenvalue weighted by atomic mass is 10.1. The summed E-state index contributed by atoms with van der Waals surface area (Å²) in [4.78, 5) is 6.33. The second-order valence-corrected chi connectivity index (χ2v) is 8.95. The molecule has 1 N–H and O–H groups in total. The van der Waals surface area contributed by atoms with Crippen LogP contribution in [0.2, 0.25) is 5.02 Å². The summed E-state index contributed by atoms with van der Waals surface area (Å²) < 4.78 is 25.4. The standard InChI is InChI=1S/C16H20ClN3O3S/c1-19(2)24(22,23)10-11-8-20(9-16(11)21)15-5-6-18-14-4-3-12(17)7-13(14)15/h3-7,11,16,21H,8-10H2,1-2H3/t11-,16+/m0/s1. The molecule has 0 unspecified atom stereocenters. The van der Waals surface area contributed by atoms with Crippen LogP contribution in [0.15, 0.2) is 30.5 Å². The van der Waals surface area contributed by atoms with Crippen molar-refractivity contribution in [3.8, 4) is 0 Å². The molecule has 0 aliphatic carbocycles. The number of nitrogens with zero attached hydrogens (tertiary/aromatic N) is 3. The maximum atomic E-state index is 12.1. The van der Waals surface area contributed by atoms with Gasteiger partial charge in [0.2, 0.25) is 10.0 Å². The third-order valence-electron chi connectivity index (χ3n) is 4.41. The van der Waals surface area contributed by atoms with E-state index >= 15 is 0 Å². The number of fused-ring (bicyclic) bond motifs is 1. The SMILES string of the molecule is CN(C)S(=O)(=O)C[C@@H]1CN(c2ccnc3ccc(Cl)cc23)C[C@H]1O. The van der Waals surface area contributed by atoms with Gasteiger partial charge >= 0.3 is 0 Å². The van der Waals surface area contributed by atoms with Crippen LogP contribution in [-0.2, 0) is 10.0 Å². The van der Waals surface area contributed by atoms with Gasteiger partial charge in [-0.15, -0.1) is 0 Å². The molecule has 0 saturated carbocycles. The normalized spacial score (nSPS) is 21.8. The molecule has 0 spiro atoms. The molecule has 1 fully saturated rings. The Labute approximate surface area is 146 Å². The highest BCUT2D eigenvalue weighted by molar-refractivity contribution is 7.89. The smallest absolute Gasteiger partial charge is 0.214 e. The van der Waals surface area contributed by atoms with Crippen LogP contribution in [0.5, 0.6) is 0 Å². The van der Waals surface area contributed by atoms with Gasteiger partial charge in [-0.25, -0.2) is 12.7 Å². The number of aromatic nitrogens is 1. The fraction of sp³-hybridized carbons (Fsp3) is 0.438. The molecule has 1 aliphatic heterocycles.